The summed E-state index contributed by atoms with van der Waals surface area (Å²) >= 11 is 0. The summed E-state index contributed by atoms with van der Waals surface area (Å²) in [6.45, 7) is 6.63. The largest absolute Gasteiger partial charge is 0.475 e. The van der Waals surface area contributed by atoms with Crippen LogP contribution in [0.2, 0.25) is 0 Å². The van der Waals surface area contributed by atoms with Gasteiger partial charge in [0.05, 0.1) is 6.10 Å². The second-order valence-electron chi connectivity index (χ2n) is 6.92. The van der Waals surface area contributed by atoms with Crippen molar-refractivity contribution in [2.45, 2.75) is 39.3 Å². The van der Waals surface area contributed by atoms with E-state index in [4.69, 9.17) is 4.74 Å². The van der Waals surface area contributed by atoms with Crippen molar-refractivity contribution >= 4 is 11.6 Å². The number of aliphatic hydroxyl groups is 1. The van der Waals surface area contributed by atoms with Crippen molar-refractivity contribution in [2.24, 2.45) is 5.92 Å². The van der Waals surface area contributed by atoms with E-state index in [0.717, 1.165) is 43.1 Å². The van der Waals surface area contributed by atoms with Crippen LogP contribution in [0.3, 0.4) is 0 Å². The summed E-state index contributed by atoms with van der Waals surface area (Å²) in [5.74, 6) is 2.65. The molecule has 7 heteroatoms. The van der Waals surface area contributed by atoms with Gasteiger partial charge in [0.2, 0.25) is 5.88 Å². The van der Waals surface area contributed by atoms with Gasteiger partial charge in [-0.15, -0.1) is 0 Å². The SMILES string of the molecule is CC(C)Oc1ccc(CNc2cc(N3CCCC(CO)C3)ncn2)cn1. The van der Waals surface area contributed by atoms with Gasteiger partial charge in [-0.2, -0.15) is 0 Å². The van der Waals surface area contributed by atoms with Gasteiger partial charge in [0, 0.05) is 44.6 Å². The average Bonchev–Trinajstić information content (AvgIpc) is 2.67. The third-order valence-electron chi connectivity index (χ3n) is 4.38. The predicted octanol–water partition coefficient (Wildman–Crippen LogP) is 2.48. The highest BCUT2D eigenvalue weighted by molar-refractivity contribution is 5.49. The zero-order chi connectivity index (χ0) is 18.4. The second kappa shape index (κ2) is 8.80. The summed E-state index contributed by atoms with van der Waals surface area (Å²) in [7, 11) is 0. The Bertz CT molecular complexity index is 693. The first-order chi connectivity index (χ1) is 12.6. The van der Waals surface area contributed by atoms with Crippen molar-refractivity contribution in [3.8, 4) is 5.88 Å². The Morgan fingerprint density at radius 2 is 2.19 bits per heavy atom. The van der Waals surface area contributed by atoms with E-state index in [2.05, 4.69) is 25.2 Å². The second-order valence-corrected chi connectivity index (χ2v) is 6.92. The molecule has 26 heavy (non-hydrogen) atoms. The minimum absolute atomic E-state index is 0.117. The van der Waals surface area contributed by atoms with Crippen LogP contribution in [-0.4, -0.2) is 45.9 Å². The number of pyridine rings is 1. The molecule has 0 aromatic carbocycles. The summed E-state index contributed by atoms with van der Waals surface area (Å²) < 4.78 is 5.56. The minimum Gasteiger partial charge on any atom is -0.475 e. The summed E-state index contributed by atoms with van der Waals surface area (Å²) in [5, 5.41) is 12.7. The first kappa shape index (κ1) is 18.4. The fourth-order valence-electron chi connectivity index (χ4n) is 3.06. The lowest BCUT2D eigenvalue weighted by Crippen LogP contribution is -2.37. The molecule has 140 valence electrons. The van der Waals surface area contributed by atoms with Crippen LogP contribution < -0.4 is 15.0 Å². The van der Waals surface area contributed by atoms with Crippen LogP contribution in [0.25, 0.3) is 0 Å². The van der Waals surface area contributed by atoms with Crippen molar-refractivity contribution in [3.05, 3.63) is 36.3 Å². The van der Waals surface area contributed by atoms with Gasteiger partial charge in [-0.3, -0.25) is 0 Å². The molecule has 3 heterocycles. The predicted molar refractivity (Wildman–Crippen MR) is 101 cm³/mol. The summed E-state index contributed by atoms with van der Waals surface area (Å²) in [4.78, 5) is 15.2. The summed E-state index contributed by atoms with van der Waals surface area (Å²) in [6, 6.07) is 5.84. The van der Waals surface area contributed by atoms with Gasteiger partial charge in [0.1, 0.15) is 18.0 Å². The van der Waals surface area contributed by atoms with E-state index in [1.807, 2.05) is 38.2 Å². The summed E-state index contributed by atoms with van der Waals surface area (Å²) in [5.41, 5.74) is 1.06. The van der Waals surface area contributed by atoms with Gasteiger partial charge in [-0.25, -0.2) is 15.0 Å². The molecule has 1 fully saturated rings. The lowest BCUT2D eigenvalue weighted by atomic mass is 9.99. The van der Waals surface area contributed by atoms with Crippen LogP contribution in [-0.2, 0) is 6.54 Å². The Morgan fingerprint density at radius 3 is 2.92 bits per heavy atom. The van der Waals surface area contributed by atoms with Crippen molar-refractivity contribution < 1.29 is 9.84 Å². The lowest BCUT2D eigenvalue weighted by molar-refractivity contribution is 0.208. The molecule has 0 radical (unpaired) electrons. The molecule has 1 aliphatic rings. The van der Waals surface area contributed by atoms with E-state index in [1.165, 1.54) is 0 Å². The fourth-order valence-corrected chi connectivity index (χ4v) is 3.06. The molecule has 0 amide bonds. The number of hydrogen-bond acceptors (Lipinski definition) is 7. The molecule has 0 spiro atoms. The zero-order valence-corrected chi connectivity index (χ0v) is 15.4. The number of rotatable bonds is 7. The Kier molecular flexibility index (Phi) is 6.22. The maximum atomic E-state index is 9.40. The third kappa shape index (κ3) is 5.05. The van der Waals surface area contributed by atoms with Crippen LogP contribution in [0.15, 0.2) is 30.7 Å². The van der Waals surface area contributed by atoms with Crippen molar-refractivity contribution in [3.63, 3.8) is 0 Å². The van der Waals surface area contributed by atoms with Gasteiger partial charge in [0.15, 0.2) is 0 Å². The number of piperidine rings is 1. The average molecular weight is 357 g/mol. The minimum atomic E-state index is 0.117. The van der Waals surface area contributed by atoms with Crippen molar-refractivity contribution in [1.29, 1.82) is 0 Å². The molecular weight excluding hydrogens is 330 g/mol. The molecular formula is C19H27N5O2. The number of nitrogens with one attached hydrogen (secondary N) is 1. The van der Waals surface area contributed by atoms with Crippen LogP contribution in [0.4, 0.5) is 11.6 Å². The van der Waals surface area contributed by atoms with Gasteiger partial charge in [0.25, 0.3) is 0 Å². The number of aromatic nitrogens is 3. The third-order valence-corrected chi connectivity index (χ3v) is 4.38. The monoisotopic (exact) mass is 357 g/mol. The zero-order valence-electron chi connectivity index (χ0n) is 15.4. The molecule has 0 bridgehead atoms. The van der Waals surface area contributed by atoms with Gasteiger partial charge >= 0.3 is 0 Å². The van der Waals surface area contributed by atoms with Gasteiger partial charge < -0.3 is 20.1 Å². The summed E-state index contributed by atoms with van der Waals surface area (Å²) in [6.07, 6.45) is 5.66. The molecule has 3 rings (SSSR count). The number of hydrogen-bond donors (Lipinski definition) is 2. The molecule has 2 aromatic heterocycles. The molecule has 2 aromatic rings. The molecule has 0 saturated carbocycles. The molecule has 7 nitrogen and oxygen atoms in total. The number of aliphatic hydroxyl groups excluding tert-OH is 1. The molecule has 2 N–H and O–H groups in total. The molecule has 1 aliphatic heterocycles. The lowest BCUT2D eigenvalue weighted by Gasteiger charge is -2.32. The van der Waals surface area contributed by atoms with E-state index in [0.29, 0.717) is 18.3 Å². The Labute approximate surface area is 154 Å². The Morgan fingerprint density at radius 1 is 1.31 bits per heavy atom. The maximum absolute atomic E-state index is 9.40. The van der Waals surface area contributed by atoms with Crippen LogP contribution in [0.1, 0.15) is 32.3 Å². The van der Waals surface area contributed by atoms with Gasteiger partial charge in [-0.05, 0) is 38.2 Å². The van der Waals surface area contributed by atoms with Crippen LogP contribution in [0.5, 0.6) is 5.88 Å². The first-order valence-electron chi connectivity index (χ1n) is 9.17. The quantitative estimate of drug-likeness (QED) is 0.787. The van der Waals surface area contributed by atoms with E-state index < -0.39 is 0 Å². The standard InChI is InChI=1S/C19H27N5O2/c1-14(2)26-19-6-5-15(10-21-19)9-20-17-8-18(23-13-22-17)24-7-3-4-16(11-24)12-25/h5-6,8,10,13-14,16,25H,3-4,7,9,11-12H2,1-2H3,(H,20,22,23). The topological polar surface area (TPSA) is 83.4 Å². The maximum Gasteiger partial charge on any atom is 0.213 e. The van der Waals surface area contributed by atoms with Crippen LogP contribution >= 0.6 is 0 Å². The molecule has 1 atom stereocenters. The van der Waals surface area contributed by atoms with E-state index in [1.54, 1.807) is 6.33 Å². The normalized spacial score (nSPS) is 17.4. The van der Waals surface area contributed by atoms with Gasteiger partial charge in [-0.1, -0.05) is 6.07 Å². The molecule has 1 unspecified atom stereocenters. The highest BCUT2D eigenvalue weighted by Crippen LogP contribution is 2.22. The Balaban J connectivity index is 1.58. The van der Waals surface area contributed by atoms with Crippen LogP contribution in [0, 0.1) is 5.92 Å². The number of anilines is 2. The number of ether oxygens (including phenoxy) is 1. The number of nitrogens with zero attached hydrogens (tertiary/aromatic N) is 4. The molecule has 1 saturated heterocycles. The van der Waals surface area contributed by atoms with E-state index >= 15 is 0 Å². The van der Waals surface area contributed by atoms with E-state index in [-0.39, 0.29) is 12.7 Å². The van der Waals surface area contributed by atoms with E-state index in [9.17, 15) is 5.11 Å². The van der Waals surface area contributed by atoms with Crippen molar-refractivity contribution in [2.75, 3.05) is 29.9 Å². The smallest absolute Gasteiger partial charge is 0.213 e. The highest BCUT2D eigenvalue weighted by Gasteiger charge is 2.20. The highest BCUT2D eigenvalue weighted by atomic mass is 16.5. The van der Waals surface area contributed by atoms with Crippen molar-refractivity contribution in [1.82, 2.24) is 15.0 Å². The fraction of sp³-hybridized carbons (Fsp3) is 0.526. The Hall–Kier alpha value is -2.41. The first-order valence-corrected chi connectivity index (χ1v) is 9.17. The molecule has 0 aliphatic carbocycles.